The van der Waals surface area contributed by atoms with E-state index in [1.54, 1.807) is 44.1 Å². The molecule has 0 spiro atoms. The summed E-state index contributed by atoms with van der Waals surface area (Å²) in [6, 6.07) is 5.10. The van der Waals surface area contributed by atoms with Crippen LogP contribution >= 0.6 is 0 Å². The summed E-state index contributed by atoms with van der Waals surface area (Å²) < 4.78 is 10.4. The Kier molecular flexibility index (Phi) is 5.13. The van der Waals surface area contributed by atoms with Crippen LogP contribution in [0.25, 0.3) is 0 Å². The number of rotatable bonds is 5. The summed E-state index contributed by atoms with van der Waals surface area (Å²) in [7, 11) is 3.08. The van der Waals surface area contributed by atoms with E-state index in [-0.39, 0.29) is 11.8 Å². The number of anilines is 1. The number of amides is 2. The van der Waals surface area contributed by atoms with Crippen LogP contribution < -0.4 is 14.8 Å². The Morgan fingerprint density at radius 1 is 1.09 bits per heavy atom. The van der Waals surface area contributed by atoms with Crippen molar-refractivity contribution in [2.75, 3.05) is 32.6 Å². The average molecular weight is 320 g/mol. The molecule has 1 aromatic rings. The Bertz CT molecular complexity index is 592. The molecule has 0 unspecified atom stereocenters. The van der Waals surface area contributed by atoms with E-state index in [1.165, 1.54) is 7.11 Å². The lowest BCUT2D eigenvalue weighted by Gasteiger charge is -2.28. The highest BCUT2D eigenvalue weighted by Crippen LogP contribution is 2.31. The molecule has 1 fully saturated rings. The number of nitrogens with zero attached hydrogens (tertiary/aromatic N) is 1. The summed E-state index contributed by atoms with van der Waals surface area (Å²) >= 11 is 0. The molecule has 0 bridgehead atoms. The maximum Gasteiger partial charge on any atom is 0.239 e. The van der Waals surface area contributed by atoms with Crippen LogP contribution in [0.3, 0.4) is 0 Å². The SMILES string of the molecule is COc1ccc(NC(=O)C(C)(C)C(=O)N2CCCC2)cc1OC. The molecule has 23 heavy (non-hydrogen) atoms. The highest BCUT2D eigenvalue weighted by molar-refractivity contribution is 6.10. The third-order valence-corrected chi connectivity index (χ3v) is 4.14. The number of ether oxygens (including phenoxy) is 2. The van der Waals surface area contributed by atoms with E-state index in [1.807, 2.05) is 0 Å². The fourth-order valence-corrected chi connectivity index (χ4v) is 2.61. The molecular weight excluding hydrogens is 296 g/mol. The lowest BCUT2D eigenvalue weighted by Crippen LogP contribution is -2.46. The highest BCUT2D eigenvalue weighted by atomic mass is 16.5. The topological polar surface area (TPSA) is 67.9 Å². The van der Waals surface area contributed by atoms with Gasteiger partial charge in [-0.3, -0.25) is 9.59 Å². The number of methoxy groups -OCH3 is 2. The minimum atomic E-state index is -1.11. The van der Waals surface area contributed by atoms with Crippen molar-refractivity contribution in [2.24, 2.45) is 5.41 Å². The van der Waals surface area contributed by atoms with Crippen LogP contribution in [0.4, 0.5) is 5.69 Å². The van der Waals surface area contributed by atoms with E-state index in [2.05, 4.69) is 5.32 Å². The first-order valence-corrected chi connectivity index (χ1v) is 7.73. The Labute approximate surface area is 136 Å². The predicted octanol–water partition coefficient (Wildman–Crippen LogP) is 2.29. The molecule has 0 aliphatic carbocycles. The Morgan fingerprint density at radius 2 is 1.70 bits per heavy atom. The van der Waals surface area contributed by atoms with Crippen LogP contribution in [0.15, 0.2) is 18.2 Å². The van der Waals surface area contributed by atoms with Gasteiger partial charge >= 0.3 is 0 Å². The van der Waals surface area contributed by atoms with Crippen molar-refractivity contribution < 1.29 is 19.1 Å². The largest absolute Gasteiger partial charge is 0.493 e. The van der Waals surface area contributed by atoms with Gasteiger partial charge in [-0.1, -0.05) is 0 Å². The van der Waals surface area contributed by atoms with Gasteiger partial charge in [0.2, 0.25) is 11.8 Å². The summed E-state index contributed by atoms with van der Waals surface area (Å²) in [5, 5.41) is 2.79. The molecule has 0 atom stereocenters. The third-order valence-electron chi connectivity index (χ3n) is 4.14. The van der Waals surface area contributed by atoms with Crippen molar-refractivity contribution in [2.45, 2.75) is 26.7 Å². The standard InChI is InChI=1S/C17H24N2O4/c1-17(2,16(21)19-9-5-6-10-19)15(20)18-12-7-8-13(22-3)14(11-12)23-4/h7-8,11H,5-6,9-10H2,1-4H3,(H,18,20). The second-order valence-electron chi connectivity index (χ2n) is 6.15. The zero-order valence-electron chi connectivity index (χ0n) is 14.1. The summed E-state index contributed by atoms with van der Waals surface area (Å²) in [6.07, 6.45) is 2.00. The highest BCUT2D eigenvalue weighted by Gasteiger charge is 2.39. The van der Waals surface area contributed by atoms with Crippen molar-refractivity contribution in [3.8, 4) is 11.5 Å². The van der Waals surface area contributed by atoms with Crippen molar-refractivity contribution >= 4 is 17.5 Å². The van der Waals surface area contributed by atoms with Gasteiger partial charge in [0.1, 0.15) is 5.41 Å². The smallest absolute Gasteiger partial charge is 0.239 e. The number of hydrogen-bond donors (Lipinski definition) is 1. The maximum absolute atomic E-state index is 12.6. The molecule has 2 amide bonds. The molecule has 1 heterocycles. The number of carbonyl (C=O) groups excluding carboxylic acids is 2. The number of hydrogen-bond acceptors (Lipinski definition) is 4. The molecule has 0 radical (unpaired) electrons. The number of benzene rings is 1. The first-order chi connectivity index (χ1) is 10.9. The first kappa shape index (κ1) is 17.1. The molecule has 1 N–H and O–H groups in total. The van der Waals surface area contributed by atoms with Crippen LogP contribution in [-0.4, -0.2) is 44.0 Å². The molecule has 1 aromatic carbocycles. The number of nitrogens with one attached hydrogen (secondary N) is 1. The molecule has 6 nitrogen and oxygen atoms in total. The Morgan fingerprint density at radius 3 is 2.26 bits per heavy atom. The van der Waals surface area contributed by atoms with Gasteiger partial charge in [0.25, 0.3) is 0 Å². The van der Waals surface area contributed by atoms with Gasteiger partial charge in [0, 0.05) is 24.8 Å². The van der Waals surface area contributed by atoms with Crippen LogP contribution in [0.5, 0.6) is 11.5 Å². The van der Waals surface area contributed by atoms with Gasteiger partial charge in [-0.15, -0.1) is 0 Å². The van der Waals surface area contributed by atoms with Crippen molar-refractivity contribution in [1.82, 2.24) is 4.90 Å². The van der Waals surface area contributed by atoms with E-state index in [0.717, 1.165) is 25.9 Å². The van der Waals surface area contributed by atoms with Gasteiger partial charge in [0.05, 0.1) is 14.2 Å². The molecule has 1 aliphatic heterocycles. The van der Waals surface area contributed by atoms with Gasteiger partial charge in [0.15, 0.2) is 11.5 Å². The summed E-state index contributed by atoms with van der Waals surface area (Å²) in [4.78, 5) is 26.9. The number of likely N-dealkylation sites (tertiary alicyclic amines) is 1. The molecule has 2 rings (SSSR count). The van der Waals surface area contributed by atoms with E-state index >= 15 is 0 Å². The monoisotopic (exact) mass is 320 g/mol. The zero-order chi connectivity index (χ0) is 17.0. The van der Waals surface area contributed by atoms with Crippen molar-refractivity contribution in [3.05, 3.63) is 18.2 Å². The number of carbonyl (C=O) groups is 2. The van der Waals surface area contributed by atoms with E-state index in [9.17, 15) is 9.59 Å². The zero-order valence-corrected chi connectivity index (χ0v) is 14.1. The molecule has 6 heteroatoms. The molecule has 1 aliphatic rings. The fraction of sp³-hybridized carbons (Fsp3) is 0.529. The molecular formula is C17H24N2O4. The summed E-state index contributed by atoms with van der Waals surface area (Å²) in [5.74, 6) is 0.640. The van der Waals surface area contributed by atoms with Gasteiger partial charge < -0.3 is 19.7 Å². The minimum Gasteiger partial charge on any atom is -0.493 e. The van der Waals surface area contributed by atoms with E-state index in [4.69, 9.17) is 9.47 Å². The van der Waals surface area contributed by atoms with Crippen LogP contribution in [0.1, 0.15) is 26.7 Å². The van der Waals surface area contributed by atoms with E-state index < -0.39 is 5.41 Å². The molecule has 0 saturated carbocycles. The Hall–Kier alpha value is -2.24. The molecule has 1 saturated heterocycles. The minimum absolute atomic E-state index is 0.132. The summed E-state index contributed by atoms with van der Waals surface area (Å²) in [6.45, 7) is 4.77. The van der Waals surface area contributed by atoms with Crippen LogP contribution in [0.2, 0.25) is 0 Å². The van der Waals surface area contributed by atoms with E-state index in [0.29, 0.717) is 17.2 Å². The first-order valence-electron chi connectivity index (χ1n) is 7.73. The Balaban J connectivity index is 2.12. The lowest BCUT2D eigenvalue weighted by atomic mass is 9.90. The fourth-order valence-electron chi connectivity index (χ4n) is 2.61. The average Bonchev–Trinajstić information content (AvgIpc) is 3.08. The van der Waals surface area contributed by atoms with Gasteiger partial charge in [-0.2, -0.15) is 0 Å². The molecule has 0 aromatic heterocycles. The molecule has 126 valence electrons. The maximum atomic E-state index is 12.6. The van der Waals surface area contributed by atoms with Crippen LogP contribution in [-0.2, 0) is 9.59 Å². The van der Waals surface area contributed by atoms with Crippen molar-refractivity contribution in [1.29, 1.82) is 0 Å². The second-order valence-corrected chi connectivity index (χ2v) is 6.15. The third kappa shape index (κ3) is 3.57. The quantitative estimate of drug-likeness (QED) is 0.845. The van der Waals surface area contributed by atoms with Gasteiger partial charge in [-0.25, -0.2) is 0 Å². The predicted molar refractivity (Wildman–Crippen MR) is 87.8 cm³/mol. The van der Waals surface area contributed by atoms with Gasteiger partial charge in [-0.05, 0) is 38.8 Å². The normalized spacial score (nSPS) is 14.5. The van der Waals surface area contributed by atoms with Crippen molar-refractivity contribution in [3.63, 3.8) is 0 Å². The summed E-state index contributed by atoms with van der Waals surface area (Å²) in [5.41, 5.74) is -0.549. The second kappa shape index (κ2) is 6.89. The van der Waals surface area contributed by atoms with Crippen LogP contribution in [0, 0.1) is 5.41 Å². The lowest BCUT2D eigenvalue weighted by molar-refractivity contribution is -0.145.